The van der Waals surface area contributed by atoms with Crippen molar-refractivity contribution in [1.29, 1.82) is 0 Å². The number of esters is 1. The molecule has 0 saturated carbocycles. The molecule has 1 fully saturated rings. The topological polar surface area (TPSA) is 215 Å². The molecule has 13 nitrogen and oxygen atoms in total. The van der Waals surface area contributed by atoms with Crippen molar-refractivity contribution in [2.75, 3.05) is 33.3 Å². The second-order valence-electron chi connectivity index (χ2n) is 14.5. The van der Waals surface area contributed by atoms with Crippen LogP contribution in [0.2, 0.25) is 0 Å². The van der Waals surface area contributed by atoms with Crippen LogP contribution in [0.15, 0.2) is 100 Å². The van der Waals surface area contributed by atoms with E-state index < -0.39 is 11.9 Å². The Morgan fingerprint density at radius 2 is 1.67 bits per heavy atom. The van der Waals surface area contributed by atoms with Crippen LogP contribution < -0.4 is 32.3 Å². The molecule has 0 aromatic heterocycles. The summed E-state index contributed by atoms with van der Waals surface area (Å²) in [6, 6.07) is 0. The molecular weight excluding hydrogens is 791 g/mol. The number of methoxy groups -OCH3 is 1. The average molecular weight is 845 g/mol. The number of nitrogens with two attached hydrogens (primary N) is 2. The zero-order valence-electron chi connectivity index (χ0n) is 32.9. The van der Waals surface area contributed by atoms with E-state index in [0.717, 1.165) is 23.4 Å². The monoisotopic (exact) mass is 844 g/mol. The molecule has 5 heterocycles. The van der Waals surface area contributed by atoms with Crippen LogP contribution >= 0.6 is 0 Å². The van der Waals surface area contributed by atoms with Crippen molar-refractivity contribution >= 4 is 34.9 Å². The molecule has 1 amide bonds. The van der Waals surface area contributed by atoms with Crippen molar-refractivity contribution in [2.45, 2.75) is 80.1 Å². The van der Waals surface area contributed by atoms with Crippen molar-refractivity contribution in [3.63, 3.8) is 0 Å². The van der Waals surface area contributed by atoms with E-state index in [1.807, 2.05) is 39.0 Å². The Morgan fingerprint density at radius 1 is 0.964 bits per heavy atom. The van der Waals surface area contributed by atoms with Crippen LogP contribution in [0.3, 0.4) is 0 Å². The largest absolute Gasteiger partial charge is 2.00 e. The molecule has 8 bridgehead atoms. The second-order valence-corrected chi connectivity index (χ2v) is 14.5. The number of rotatable bonds is 13. The van der Waals surface area contributed by atoms with E-state index in [-0.39, 0.29) is 75.1 Å². The maximum absolute atomic E-state index is 14.0. The Morgan fingerprint density at radius 3 is 2.33 bits per heavy atom. The molecule has 5 aliphatic rings. The van der Waals surface area contributed by atoms with Crippen LogP contribution in [-0.2, 0) is 34.7 Å². The Labute approximate surface area is 338 Å². The molecule has 55 heavy (non-hydrogen) atoms. The predicted octanol–water partition coefficient (Wildman–Crippen LogP) is 2.93. The van der Waals surface area contributed by atoms with Crippen molar-refractivity contribution in [3.05, 3.63) is 80.3 Å². The number of ether oxygens (including phenoxy) is 1. The van der Waals surface area contributed by atoms with Gasteiger partial charge in [-0.15, -0.1) is 5.76 Å². The first kappa shape index (κ1) is 43.5. The smallest absolute Gasteiger partial charge is 0.875 e. The summed E-state index contributed by atoms with van der Waals surface area (Å²) < 4.78 is 5.20. The molecule has 0 aliphatic carbocycles. The number of amides is 1. The molecule has 0 aromatic carbocycles. The van der Waals surface area contributed by atoms with Crippen molar-refractivity contribution in [1.82, 2.24) is 10.6 Å². The predicted molar refractivity (Wildman–Crippen MR) is 209 cm³/mol. The fraction of sp³-hybridized carbons (Fsp3) is 0.512. The first-order valence-electron chi connectivity index (χ1n) is 19.0. The van der Waals surface area contributed by atoms with Gasteiger partial charge in [-0.2, -0.15) is 0 Å². The first-order chi connectivity index (χ1) is 25.8. The van der Waals surface area contributed by atoms with Gasteiger partial charge < -0.3 is 42.0 Å². The number of carbonyl (C=O) groups excluding carboxylic acids is 2. The number of allylic oxidation sites excluding steroid dienone is 10. The minimum Gasteiger partial charge on any atom is -0.875 e. The molecule has 0 aromatic rings. The normalized spacial score (nSPS) is 24.4. The number of aliphatic imine (C=N–C) groups is 4. The van der Waals surface area contributed by atoms with E-state index in [0.29, 0.717) is 95.4 Å². The molecule has 14 heteroatoms. The third-order valence-electron chi connectivity index (χ3n) is 11.0. The van der Waals surface area contributed by atoms with Crippen LogP contribution in [-0.4, -0.2) is 68.2 Å². The van der Waals surface area contributed by atoms with Gasteiger partial charge in [-0.3, -0.25) is 14.6 Å². The van der Waals surface area contributed by atoms with Gasteiger partial charge in [0.25, 0.3) is 0 Å². The Balaban J connectivity index is 0.00000673. The number of nitrogens with zero attached hydrogens (tertiary/aromatic N) is 4. The van der Waals surface area contributed by atoms with Gasteiger partial charge in [-0.05, 0) is 93.5 Å². The molecule has 298 valence electrons. The van der Waals surface area contributed by atoms with Crippen molar-refractivity contribution < 1.29 is 45.0 Å². The minimum atomic E-state index is -0.527. The third-order valence-corrected chi connectivity index (χ3v) is 11.0. The Kier molecular flexibility index (Phi) is 15.1. The Bertz CT molecular complexity index is 1920. The number of carbonyl (C=O) groups is 2. The molecule has 5 rings (SSSR count). The molecule has 0 unspecified atom stereocenters. The second kappa shape index (κ2) is 19.1. The standard InChI is InChI=1S/C41H56N8O5.Pd/c1-8-26-21(2)29-20-34-37(25(6)50)23(4)31(47-34)18-30-22(3)27(11-12-35(51)44-15-9-13-42)39(48-30)28(17-36(52)54-7)40-38(41(53)45-16-10-14-43)24(5)32(49-40)19-33(26)46-29;/h18-22,26-27,46,50H,8-17,42-43H2,1-7H3,(H,44,51)(H,45,53);/q;+2/p-2/b29-20?,30-18?,33-19?,37-25+,40-28?;/t21-,22+,26-,27+;/m1./s1. The van der Waals surface area contributed by atoms with E-state index in [2.05, 4.69) is 29.5 Å². The average Bonchev–Trinajstić information content (AvgIpc) is 3.82. The van der Waals surface area contributed by atoms with Crippen LogP contribution in [0.25, 0.3) is 0 Å². The maximum Gasteiger partial charge on any atom is 2.00 e. The molecular formula is C41H54N8O5Pd. The van der Waals surface area contributed by atoms with E-state index in [4.69, 9.17) is 31.2 Å². The van der Waals surface area contributed by atoms with E-state index in [1.54, 1.807) is 6.92 Å². The SMILES string of the molecule is CC[C@H]1C2=CC3=NC(=C(CC(=O)OC)C4=NC(=CC5=C(C)/C(=C(/C)[O-])C(=N5)C=C(N2)[C@@H]1C)[C@@H](C)[C@@H]4CCC(=O)NCCCN)C(C([O-])=NCCCN)=C3C.[Pd+2]. The fourth-order valence-electron chi connectivity index (χ4n) is 7.82. The van der Waals surface area contributed by atoms with E-state index in [9.17, 15) is 19.8 Å². The minimum absolute atomic E-state index is 0. The molecule has 0 radical (unpaired) electrons. The van der Waals surface area contributed by atoms with Gasteiger partial charge in [0.1, 0.15) is 0 Å². The van der Waals surface area contributed by atoms with E-state index >= 15 is 0 Å². The summed E-state index contributed by atoms with van der Waals surface area (Å²) in [5.41, 5.74) is 19.2. The summed E-state index contributed by atoms with van der Waals surface area (Å²) in [5.74, 6) is -1.58. The van der Waals surface area contributed by atoms with Crippen LogP contribution in [0.1, 0.15) is 80.1 Å². The van der Waals surface area contributed by atoms with Gasteiger partial charge in [-0.25, -0.2) is 9.98 Å². The number of hydrogen-bond acceptors (Lipinski definition) is 12. The summed E-state index contributed by atoms with van der Waals surface area (Å²) >= 11 is 0. The summed E-state index contributed by atoms with van der Waals surface area (Å²) in [6.07, 6.45) is 8.25. The maximum atomic E-state index is 14.0. The molecule has 0 spiro atoms. The van der Waals surface area contributed by atoms with Crippen LogP contribution in [0.5, 0.6) is 0 Å². The zero-order chi connectivity index (χ0) is 39.3. The zero-order valence-corrected chi connectivity index (χ0v) is 34.5. The molecule has 6 N–H and O–H groups in total. The van der Waals surface area contributed by atoms with Gasteiger partial charge in [0.2, 0.25) is 5.91 Å². The first-order valence-corrected chi connectivity index (χ1v) is 19.0. The van der Waals surface area contributed by atoms with E-state index in [1.165, 1.54) is 7.11 Å². The number of hydrogen-bond donors (Lipinski definition) is 4. The van der Waals surface area contributed by atoms with Gasteiger partial charge >= 0.3 is 26.4 Å². The van der Waals surface area contributed by atoms with Gasteiger partial charge in [0.05, 0.1) is 42.1 Å². The summed E-state index contributed by atoms with van der Waals surface area (Å²) in [4.78, 5) is 45.9. The Hall–Kier alpha value is -4.22. The number of nitrogens with one attached hydrogen (secondary N) is 2. The third kappa shape index (κ3) is 9.26. The van der Waals surface area contributed by atoms with Gasteiger partial charge in [0.15, 0.2) is 0 Å². The summed E-state index contributed by atoms with van der Waals surface area (Å²) in [7, 11) is 1.32. The van der Waals surface area contributed by atoms with Crippen molar-refractivity contribution in [3.8, 4) is 0 Å². The van der Waals surface area contributed by atoms with Crippen LogP contribution in [0, 0.1) is 23.7 Å². The van der Waals surface area contributed by atoms with Gasteiger partial charge in [-0.1, -0.05) is 27.7 Å². The quantitative estimate of drug-likeness (QED) is 0.0539. The molecule has 5 aliphatic heterocycles. The summed E-state index contributed by atoms with van der Waals surface area (Å²) in [5, 5.41) is 33.7. The fourth-order valence-corrected chi connectivity index (χ4v) is 7.82. The molecule has 1 saturated heterocycles. The van der Waals surface area contributed by atoms with Crippen molar-refractivity contribution in [2.24, 2.45) is 55.1 Å². The molecule has 4 atom stereocenters. The number of fused-ring (bicyclic) bond motifs is 5. The van der Waals surface area contributed by atoms with Crippen LogP contribution in [0.4, 0.5) is 0 Å². The summed E-state index contributed by atoms with van der Waals surface area (Å²) in [6.45, 7) is 13.2. The van der Waals surface area contributed by atoms with Gasteiger partial charge in [0, 0.05) is 71.4 Å².